The van der Waals surface area contributed by atoms with E-state index in [1.807, 2.05) is 0 Å². The first-order valence-electron chi connectivity index (χ1n) is 19.6. The van der Waals surface area contributed by atoms with Gasteiger partial charge in [0.2, 0.25) is 0 Å². The predicted octanol–water partition coefficient (Wildman–Crippen LogP) is 15.8. The molecule has 10 rings (SSSR count). The zero-order valence-corrected chi connectivity index (χ0v) is 31.5. The minimum atomic E-state index is 1.09. The molecule has 0 amide bonds. The molecule has 0 saturated heterocycles. The quantitative estimate of drug-likeness (QED) is 0.141. The molecule has 1 heteroatoms. The molecule has 268 valence electrons. The second kappa shape index (κ2) is 15.0. The lowest BCUT2D eigenvalue weighted by Crippen LogP contribution is -2.10. The highest BCUT2D eigenvalue weighted by Crippen LogP contribution is 2.41. The van der Waals surface area contributed by atoms with Crippen LogP contribution in [0.25, 0.3) is 77.2 Å². The summed E-state index contributed by atoms with van der Waals surface area (Å²) in [6.45, 7) is 0. The third-order valence-electron chi connectivity index (χ3n) is 11.0. The Bertz CT molecular complexity index is 2860. The van der Waals surface area contributed by atoms with Gasteiger partial charge in [0, 0.05) is 17.1 Å². The molecule has 0 aliphatic heterocycles. The minimum Gasteiger partial charge on any atom is -0.310 e. The van der Waals surface area contributed by atoms with Crippen LogP contribution in [0.3, 0.4) is 0 Å². The average molecular weight is 726 g/mol. The van der Waals surface area contributed by atoms with E-state index in [-0.39, 0.29) is 0 Å². The van der Waals surface area contributed by atoms with Gasteiger partial charge in [0.15, 0.2) is 0 Å². The maximum absolute atomic E-state index is 2.38. The van der Waals surface area contributed by atoms with Crippen molar-refractivity contribution in [2.75, 3.05) is 4.90 Å². The van der Waals surface area contributed by atoms with Crippen LogP contribution in [0.2, 0.25) is 0 Å². The van der Waals surface area contributed by atoms with Crippen molar-refractivity contribution in [3.8, 4) is 55.6 Å². The third-order valence-corrected chi connectivity index (χ3v) is 11.0. The molecule has 0 aliphatic rings. The molecular formula is C56H39N. The molecule has 10 aromatic carbocycles. The van der Waals surface area contributed by atoms with Crippen molar-refractivity contribution in [1.29, 1.82) is 0 Å². The number of nitrogens with zero attached hydrogens (tertiary/aromatic N) is 1. The molecule has 1 nitrogen and oxygen atoms in total. The van der Waals surface area contributed by atoms with E-state index >= 15 is 0 Å². The van der Waals surface area contributed by atoms with Crippen LogP contribution in [-0.2, 0) is 0 Å². The third kappa shape index (κ3) is 6.77. The van der Waals surface area contributed by atoms with Crippen LogP contribution in [0.15, 0.2) is 237 Å². The Kier molecular flexibility index (Phi) is 8.95. The van der Waals surface area contributed by atoms with Gasteiger partial charge in [-0.1, -0.05) is 182 Å². The standard InChI is InChI=1S/C56H39N/c1-3-14-40(15-4-1)44-19-11-21-46(36-44)42-28-32-50(33-29-42)57(51-34-30-43(31-35-51)47-22-12-20-45(37-47)41-16-5-2-6-17-41)52-24-13-23-48(38-52)56-39-49-18-7-8-25-53(49)54-26-9-10-27-55(54)56/h1-39H. The molecule has 0 atom stereocenters. The molecule has 10 aromatic rings. The highest BCUT2D eigenvalue weighted by atomic mass is 15.1. The molecule has 0 radical (unpaired) electrons. The Labute approximate surface area is 334 Å². The summed E-state index contributed by atoms with van der Waals surface area (Å²) in [5.41, 5.74) is 15.3. The number of hydrogen-bond donors (Lipinski definition) is 0. The van der Waals surface area contributed by atoms with Crippen molar-refractivity contribution in [3.63, 3.8) is 0 Å². The Balaban J connectivity index is 1.06. The summed E-state index contributed by atoms with van der Waals surface area (Å²) in [5.74, 6) is 0. The van der Waals surface area contributed by atoms with Gasteiger partial charge in [-0.05, 0) is 132 Å². The fourth-order valence-electron chi connectivity index (χ4n) is 8.18. The minimum absolute atomic E-state index is 1.09. The number of fused-ring (bicyclic) bond motifs is 3. The van der Waals surface area contributed by atoms with Crippen LogP contribution in [-0.4, -0.2) is 0 Å². The zero-order chi connectivity index (χ0) is 38.0. The van der Waals surface area contributed by atoms with Crippen molar-refractivity contribution in [2.45, 2.75) is 0 Å². The summed E-state index contributed by atoms with van der Waals surface area (Å²) in [5, 5.41) is 5.04. The van der Waals surface area contributed by atoms with Crippen molar-refractivity contribution in [3.05, 3.63) is 237 Å². The molecule has 0 spiro atoms. The number of anilines is 3. The van der Waals surface area contributed by atoms with E-state index in [1.54, 1.807) is 0 Å². The highest BCUT2D eigenvalue weighted by Gasteiger charge is 2.16. The molecule has 0 N–H and O–H groups in total. The van der Waals surface area contributed by atoms with Crippen LogP contribution in [0.4, 0.5) is 17.1 Å². The molecule has 0 heterocycles. The van der Waals surface area contributed by atoms with Gasteiger partial charge < -0.3 is 4.90 Å². The van der Waals surface area contributed by atoms with Gasteiger partial charge in [0.1, 0.15) is 0 Å². The number of hydrogen-bond acceptors (Lipinski definition) is 1. The topological polar surface area (TPSA) is 3.24 Å². The van der Waals surface area contributed by atoms with Crippen LogP contribution in [0.1, 0.15) is 0 Å². The molecule has 0 fully saturated rings. The summed E-state index contributed by atoms with van der Waals surface area (Å²) in [4.78, 5) is 2.38. The first kappa shape index (κ1) is 34.0. The summed E-state index contributed by atoms with van der Waals surface area (Å²) in [6, 6.07) is 85.6. The van der Waals surface area contributed by atoms with Crippen molar-refractivity contribution < 1.29 is 0 Å². The van der Waals surface area contributed by atoms with Crippen LogP contribution < -0.4 is 4.90 Å². The second-order valence-corrected chi connectivity index (χ2v) is 14.6. The van der Waals surface area contributed by atoms with Gasteiger partial charge in [0.25, 0.3) is 0 Å². The van der Waals surface area contributed by atoms with Crippen molar-refractivity contribution in [2.24, 2.45) is 0 Å². The van der Waals surface area contributed by atoms with E-state index in [2.05, 4.69) is 241 Å². The Morgan fingerprint density at radius 3 is 1.16 bits per heavy atom. The zero-order valence-electron chi connectivity index (χ0n) is 31.5. The van der Waals surface area contributed by atoms with E-state index in [4.69, 9.17) is 0 Å². The van der Waals surface area contributed by atoms with Gasteiger partial charge >= 0.3 is 0 Å². The smallest absolute Gasteiger partial charge is 0.0467 e. The van der Waals surface area contributed by atoms with Crippen LogP contribution >= 0.6 is 0 Å². The van der Waals surface area contributed by atoms with Crippen LogP contribution in [0, 0.1) is 0 Å². The second-order valence-electron chi connectivity index (χ2n) is 14.6. The summed E-state index contributed by atoms with van der Waals surface area (Å²) >= 11 is 0. The van der Waals surface area contributed by atoms with E-state index < -0.39 is 0 Å². The van der Waals surface area contributed by atoms with E-state index in [1.165, 1.54) is 77.2 Å². The monoisotopic (exact) mass is 725 g/mol. The van der Waals surface area contributed by atoms with E-state index in [9.17, 15) is 0 Å². The van der Waals surface area contributed by atoms with Gasteiger partial charge in [-0.25, -0.2) is 0 Å². The van der Waals surface area contributed by atoms with Gasteiger partial charge in [0.05, 0.1) is 0 Å². The Hall–Kier alpha value is -7.48. The summed E-state index contributed by atoms with van der Waals surface area (Å²) in [6.07, 6.45) is 0. The number of benzene rings is 10. The Morgan fingerprint density at radius 1 is 0.211 bits per heavy atom. The fraction of sp³-hybridized carbons (Fsp3) is 0. The maximum Gasteiger partial charge on any atom is 0.0467 e. The lowest BCUT2D eigenvalue weighted by Gasteiger charge is -2.26. The molecule has 0 aromatic heterocycles. The summed E-state index contributed by atoms with van der Waals surface area (Å²) in [7, 11) is 0. The number of rotatable bonds is 8. The van der Waals surface area contributed by atoms with Gasteiger partial charge in [-0.15, -0.1) is 0 Å². The molecule has 0 unspecified atom stereocenters. The maximum atomic E-state index is 2.38. The van der Waals surface area contributed by atoms with E-state index in [0.29, 0.717) is 0 Å². The Morgan fingerprint density at radius 2 is 0.614 bits per heavy atom. The lowest BCUT2D eigenvalue weighted by atomic mass is 9.93. The highest BCUT2D eigenvalue weighted by molar-refractivity contribution is 6.14. The molecular weight excluding hydrogens is 687 g/mol. The van der Waals surface area contributed by atoms with Crippen molar-refractivity contribution >= 4 is 38.6 Å². The molecule has 0 saturated carbocycles. The first-order chi connectivity index (χ1) is 28.2. The van der Waals surface area contributed by atoms with Gasteiger partial charge in [-0.3, -0.25) is 0 Å². The van der Waals surface area contributed by atoms with Crippen molar-refractivity contribution in [1.82, 2.24) is 0 Å². The average Bonchev–Trinajstić information content (AvgIpc) is 3.30. The first-order valence-corrected chi connectivity index (χ1v) is 19.6. The normalized spacial score (nSPS) is 11.2. The van der Waals surface area contributed by atoms with E-state index in [0.717, 1.165) is 17.1 Å². The molecule has 0 bridgehead atoms. The van der Waals surface area contributed by atoms with Gasteiger partial charge in [-0.2, -0.15) is 0 Å². The van der Waals surface area contributed by atoms with Crippen LogP contribution in [0.5, 0.6) is 0 Å². The summed E-state index contributed by atoms with van der Waals surface area (Å²) < 4.78 is 0. The molecule has 0 aliphatic carbocycles. The lowest BCUT2D eigenvalue weighted by molar-refractivity contribution is 1.28. The predicted molar refractivity (Wildman–Crippen MR) is 243 cm³/mol. The SMILES string of the molecule is c1ccc(-c2cccc(-c3ccc(N(c4ccc(-c5cccc(-c6ccccc6)c5)cc4)c4cccc(-c5cc6ccccc6c6ccccc56)c4)cc3)c2)cc1. The molecule has 57 heavy (non-hydrogen) atoms. The fourth-order valence-corrected chi connectivity index (χ4v) is 8.18. The largest absolute Gasteiger partial charge is 0.310 e.